The van der Waals surface area contributed by atoms with Gasteiger partial charge in [0, 0.05) is 20.6 Å². The number of phenols is 1. The van der Waals surface area contributed by atoms with Gasteiger partial charge in [-0.3, -0.25) is 0 Å². The zero-order valence-corrected chi connectivity index (χ0v) is 17.2. The maximum absolute atomic E-state index is 9.63. The van der Waals surface area contributed by atoms with Crippen molar-refractivity contribution in [2.24, 2.45) is 4.99 Å². The minimum absolute atomic E-state index is 0. The summed E-state index contributed by atoms with van der Waals surface area (Å²) in [5.41, 5.74) is 2.28. The molecule has 0 aliphatic heterocycles. The Morgan fingerprint density at radius 1 is 1.12 bits per heavy atom. The summed E-state index contributed by atoms with van der Waals surface area (Å²) in [6.45, 7) is 1.40. The van der Waals surface area contributed by atoms with Crippen molar-refractivity contribution >= 4 is 29.9 Å². The monoisotopic (exact) mass is 455 g/mol. The molecule has 0 saturated heterocycles. The molecule has 0 bridgehead atoms. The first-order chi connectivity index (χ1) is 11.6. The average Bonchev–Trinajstić information content (AvgIpc) is 2.59. The van der Waals surface area contributed by atoms with Gasteiger partial charge in [0.15, 0.2) is 17.5 Å². The number of benzene rings is 2. The minimum atomic E-state index is 0. The Labute approximate surface area is 166 Å². The second-order valence-corrected chi connectivity index (χ2v) is 5.70. The third-order valence-corrected chi connectivity index (χ3v) is 3.62. The normalized spacial score (nSPS) is 10.8. The van der Waals surface area contributed by atoms with Crippen molar-refractivity contribution < 1.29 is 9.84 Å². The number of aliphatic imine (C=N–C) groups is 1. The average molecular weight is 455 g/mol. The van der Waals surface area contributed by atoms with Crippen LogP contribution in [0, 0.1) is 0 Å². The summed E-state index contributed by atoms with van der Waals surface area (Å²) in [5.74, 6) is 1.51. The third kappa shape index (κ3) is 6.81. The topological polar surface area (TPSA) is 57.1 Å². The third-order valence-electron chi connectivity index (χ3n) is 3.62. The number of rotatable bonds is 6. The molecule has 0 amide bonds. The predicted molar refractivity (Wildman–Crippen MR) is 113 cm³/mol. The van der Waals surface area contributed by atoms with Crippen LogP contribution < -0.4 is 10.1 Å². The number of methoxy groups -OCH3 is 1. The Kier molecular flexibility index (Phi) is 9.12. The van der Waals surface area contributed by atoms with E-state index in [1.54, 1.807) is 13.2 Å². The fourth-order valence-electron chi connectivity index (χ4n) is 2.30. The molecule has 0 aliphatic rings. The van der Waals surface area contributed by atoms with Crippen LogP contribution in [0.4, 0.5) is 0 Å². The summed E-state index contributed by atoms with van der Waals surface area (Å²) in [4.78, 5) is 6.61. The van der Waals surface area contributed by atoms with Crippen molar-refractivity contribution in [3.8, 4) is 11.5 Å². The number of phenolic OH excluding ortho intramolecular Hbond substituents is 1. The largest absolute Gasteiger partial charge is 0.504 e. The lowest BCUT2D eigenvalue weighted by molar-refractivity contribution is 0.373. The summed E-state index contributed by atoms with van der Waals surface area (Å²) >= 11 is 0. The van der Waals surface area contributed by atoms with Crippen LogP contribution in [0.15, 0.2) is 53.5 Å². The van der Waals surface area contributed by atoms with E-state index in [9.17, 15) is 5.11 Å². The highest BCUT2D eigenvalue weighted by Crippen LogP contribution is 2.26. The van der Waals surface area contributed by atoms with Crippen LogP contribution in [-0.4, -0.2) is 43.7 Å². The maximum atomic E-state index is 9.63. The first-order valence-corrected chi connectivity index (χ1v) is 7.95. The van der Waals surface area contributed by atoms with E-state index in [4.69, 9.17) is 4.74 Å². The van der Waals surface area contributed by atoms with Gasteiger partial charge in [0.05, 0.1) is 13.7 Å². The van der Waals surface area contributed by atoms with E-state index < -0.39 is 0 Å². The van der Waals surface area contributed by atoms with Crippen LogP contribution in [0.2, 0.25) is 0 Å². The summed E-state index contributed by atoms with van der Waals surface area (Å²) in [5, 5.41) is 13.0. The number of guanidine groups is 1. The van der Waals surface area contributed by atoms with Gasteiger partial charge in [0.25, 0.3) is 0 Å². The molecule has 0 aliphatic carbocycles. The van der Waals surface area contributed by atoms with Crippen LogP contribution in [0.5, 0.6) is 11.5 Å². The molecule has 2 rings (SSSR count). The first kappa shape index (κ1) is 21.1. The van der Waals surface area contributed by atoms with Crippen LogP contribution in [0.25, 0.3) is 0 Å². The number of aromatic hydroxyl groups is 1. The van der Waals surface area contributed by atoms with Gasteiger partial charge in [-0.2, -0.15) is 0 Å². The Morgan fingerprint density at radius 2 is 1.84 bits per heavy atom. The molecule has 6 heteroatoms. The highest BCUT2D eigenvalue weighted by molar-refractivity contribution is 14.0. The maximum Gasteiger partial charge on any atom is 0.193 e. The van der Waals surface area contributed by atoms with E-state index in [1.165, 1.54) is 5.56 Å². The quantitative estimate of drug-likeness (QED) is 0.399. The van der Waals surface area contributed by atoms with Gasteiger partial charge < -0.3 is 20.1 Å². The van der Waals surface area contributed by atoms with Crippen molar-refractivity contribution in [2.75, 3.05) is 27.7 Å². The van der Waals surface area contributed by atoms with E-state index in [2.05, 4.69) is 22.4 Å². The lowest BCUT2D eigenvalue weighted by atomic mass is 10.1. The van der Waals surface area contributed by atoms with E-state index in [1.807, 2.05) is 49.3 Å². The Morgan fingerprint density at radius 3 is 2.48 bits per heavy atom. The molecular formula is C19H26IN3O2. The van der Waals surface area contributed by atoms with Crippen LogP contribution in [0.3, 0.4) is 0 Å². The van der Waals surface area contributed by atoms with Gasteiger partial charge in [-0.15, -0.1) is 24.0 Å². The second kappa shape index (κ2) is 10.8. The molecule has 0 radical (unpaired) electrons. The predicted octanol–water partition coefficient (Wildman–Crippen LogP) is 3.27. The number of nitrogens with one attached hydrogen (secondary N) is 1. The van der Waals surface area contributed by atoms with Crippen molar-refractivity contribution in [3.63, 3.8) is 0 Å². The standard InChI is InChI=1S/C19H25N3O2.HI/c1-22(2)19(21-14-16-7-5-4-6-8-16)20-12-11-15-9-10-17(23)18(13-15)24-3;/h4-10,13,23H,11-12,14H2,1-3H3,(H,20,21);1H. The lowest BCUT2D eigenvalue weighted by Crippen LogP contribution is -2.37. The van der Waals surface area contributed by atoms with E-state index in [0.29, 0.717) is 12.3 Å². The number of halogens is 1. The molecule has 2 N–H and O–H groups in total. The molecule has 5 nitrogen and oxygen atoms in total. The highest BCUT2D eigenvalue weighted by Gasteiger charge is 2.04. The minimum Gasteiger partial charge on any atom is -0.504 e. The van der Waals surface area contributed by atoms with Crippen molar-refractivity contribution in [1.29, 1.82) is 0 Å². The summed E-state index contributed by atoms with van der Waals surface area (Å²) in [7, 11) is 5.50. The van der Waals surface area contributed by atoms with Crippen molar-refractivity contribution in [3.05, 3.63) is 59.7 Å². The Balaban J connectivity index is 0.00000312. The SMILES string of the molecule is COc1cc(CCNC(=NCc2ccccc2)N(C)C)ccc1O.I. The van der Waals surface area contributed by atoms with Crippen LogP contribution >= 0.6 is 24.0 Å². The van der Waals surface area contributed by atoms with E-state index in [-0.39, 0.29) is 29.7 Å². The van der Waals surface area contributed by atoms with Crippen molar-refractivity contribution in [1.82, 2.24) is 10.2 Å². The molecule has 2 aromatic rings. The fourth-order valence-corrected chi connectivity index (χ4v) is 2.30. The molecule has 0 fully saturated rings. The van der Waals surface area contributed by atoms with Crippen molar-refractivity contribution in [2.45, 2.75) is 13.0 Å². The summed E-state index contributed by atoms with van der Waals surface area (Å²) < 4.78 is 5.14. The van der Waals surface area contributed by atoms with Gasteiger partial charge in [-0.1, -0.05) is 36.4 Å². The van der Waals surface area contributed by atoms with Gasteiger partial charge in [0.1, 0.15) is 0 Å². The van der Waals surface area contributed by atoms with Gasteiger partial charge >= 0.3 is 0 Å². The molecule has 0 heterocycles. The fraction of sp³-hybridized carbons (Fsp3) is 0.316. The number of hydrogen-bond donors (Lipinski definition) is 2. The Hall–Kier alpha value is -1.96. The first-order valence-electron chi connectivity index (χ1n) is 7.95. The summed E-state index contributed by atoms with van der Waals surface area (Å²) in [6.07, 6.45) is 0.814. The lowest BCUT2D eigenvalue weighted by Gasteiger charge is -2.18. The van der Waals surface area contributed by atoms with Crippen LogP contribution in [-0.2, 0) is 13.0 Å². The molecule has 0 saturated carbocycles. The molecular weight excluding hydrogens is 429 g/mol. The molecule has 25 heavy (non-hydrogen) atoms. The zero-order chi connectivity index (χ0) is 17.4. The summed E-state index contributed by atoms with van der Waals surface area (Å²) in [6, 6.07) is 15.6. The highest BCUT2D eigenvalue weighted by atomic mass is 127. The zero-order valence-electron chi connectivity index (χ0n) is 14.9. The van der Waals surface area contributed by atoms with Gasteiger partial charge in [0.2, 0.25) is 0 Å². The number of ether oxygens (including phenoxy) is 1. The van der Waals surface area contributed by atoms with Gasteiger partial charge in [-0.05, 0) is 29.7 Å². The molecule has 0 unspecified atom stereocenters. The Bertz CT molecular complexity index is 676. The molecule has 0 atom stereocenters. The number of nitrogens with zero attached hydrogens (tertiary/aromatic N) is 2. The van der Waals surface area contributed by atoms with E-state index >= 15 is 0 Å². The van der Waals surface area contributed by atoms with Crippen LogP contribution in [0.1, 0.15) is 11.1 Å². The smallest absolute Gasteiger partial charge is 0.193 e. The molecule has 0 aromatic heterocycles. The molecule has 136 valence electrons. The number of hydrogen-bond acceptors (Lipinski definition) is 3. The van der Waals surface area contributed by atoms with Gasteiger partial charge in [-0.25, -0.2) is 4.99 Å². The molecule has 2 aromatic carbocycles. The van der Waals surface area contributed by atoms with E-state index in [0.717, 1.165) is 24.5 Å². The molecule has 0 spiro atoms. The second-order valence-electron chi connectivity index (χ2n) is 5.70.